The number of primary amides is 1. The van der Waals surface area contributed by atoms with Crippen LogP contribution < -0.4 is 10.5 Å². The van der Waals surface area contributed by atoms with E-state index in [0.717, 1.165) is 5.56 Å². The molecule has 6 heteroatoms. The van der Waals surface area contributed by atoms with Crippen molar-refractivity contribution in [3.8, 4) is 11.5 Å². The standard InChI is InChI=1S/C20H15ClN2O3/c21-19-11-18(16(12-23-19)20(22)25)26-15-8-6-13(7-9-15)10-17(24)14-4-2-1-3-5-14/h1-9,11-12H,10H2,(H2,22,25). The monoisotopic (exact) mass is 366 g/mol. The average Bonchev–Trinajstić information content (AvgIpc) is 2.64. The van der Waals surface area contributed by atoms with E-state index in [1.165, 1.54) is 12.3 Å². The molecule has 0 spiro atoms. The zero-order valence-corrected chi connectivity index (χ0v) is 14.4. The molecule has 0 saturated heterocycles. The van der Waals surface area contributed by atoms with E-state index in [-0.39, 0.29) is 28.7 Å². The van der Waals surface area contributed by atoms with E-state index in [1.807, 2.05) is 18.2 Å². The molecule has 0 aliphatic heterocycles. The third-order valence-electron chi connectivity index (χ3n) is 3.71. The number of pyridine rings is 1. The highest BCUT2D eigenvalue weighted by Crippen LogP contribution is 2.27. The van der Waals surface area contributed by atoms with E-state index in [4.69, 9.17) is 22.1 Å². The third kappa shape index (κ3) is 4.26. The minimum absolute atomic E-state index is 0.0381. The van der Waals surface area contributed by atoms with Crippen LogP contribution in [0.15, 0.2) is 66.9 Å². The van der Waals surface area contributed by atoms with Crippen molar-refractivity contribution in [3.63, 3.8) is 0 Å². The van der Waals surface area contributed by atoms with Gasteiger partial charge in [0, 0.05) is 24.2 Å². The van der Waals surface area contributed by atoms with Gasteiger partial charge in [0.15, 0.2) is 5.78 Å². The van der Waals surface area contributed by atoms with Gasteiger partial charge in [-0.3, -0.25) is 9.59 Å². The molecule has 0 saturated carbocycles. The maximum absolute atomic E-state index is 12.2. The van der Waals surface area contributed by atoms with E-state index in [9.17, 15) is 9.59 Å². The predicted octanol–water partition coefficient (Wildman–Crippen LogP) is 4.05. The number of ketones is 1. The number of Topliss-reactive ketones (excluding diaryl/α,β-unsaturated/α-hetero) is 1. The lowest BCUT2D eigenvalue weighted by Gasteiger charge is -2.10. The summed E-state index contributed by atoms with van der Waals surface area (Å²) >= 11 is 5.85. The molecule has 130 valence electrons. The molecule has 5 nitrogen and oxygen atoms in total. The number of amides is 1. The van der Waals surface area contributed by atoms with Crippen LogP contribution in [0.5, 0.6) is 11.5 Å². The van der Waals surface area contributed by atoms with E-state index < -0.39 is 5.91 Å². The number of carbonyl (C=O) groups is 2. The summed E-state index contributed by atoms with van der Waals surface area (Å²) in [5.41, 5.74) is 6.98. The van der Waals surface area contributed by atoms with Crippen molar-refractivity contribution in [1.29, 1.82) is 0 Å². The molecule has 0 aliphatic carbocycles. The van der Waals surface area contributed by atoms with Crippen molar-refractivity contribution in [3.05, 3.63) is 88.7 Å². The minimum atomic E-state index is -0.658. The summed E-state index contributed by atoms with van der Waals surface area (Å²) in [5.74, 6) is 0.0988. The first-order valence-electron chi connectivity index (χ1n) is 7.83. The predicted molar refractivity (Wildman–Crippen MR) is 98.8 cm³/mol. The van der Waals surface area contributed by atoms with Crippen molar-refractivity contribution >= 4 is 23.3 Å². The van der Waals surface area contributed by atoms with Gasteiger partial charge >= 0.3 is 0 Å². The zero-order valence-electron chi connectivity index (χ0n) is 13.7. The molecule has 1 aromatic heterocycles. The second-order valence-electron chi connectivity index (χ2n) is 5.58. The Balaban J connectivity index is 1.74. The summed E-state index contributed by atoms with van der Waals surface area (Å²) in [6.07, 6.45) is 1.56. The molecular weight excluding hydrogens is 352 g/mol. The van der Waals surface area contributed by atoms with Crippen molar-refractivity contribution in [1.82, 2.24) is 4.98 Å². The quantitative estimate of drug-likeness (QED) is 0.527. The Kier molecular flexibility index (Phi) is 5.29. The Bertz CT molecular complexity index is 941. The maximum atomic E-state index is 12.2. The number of carbonyl (C=O) groups excluding carboxylic acids is 2. The van der Waals surface area contributed by atoms with Gasteiger partial charge in [0.2, 0.25) is 0 Å². The first kappa shape index (κ1) is 17.6. The molecule has 3 rings (SSSR count). The first-order chi connectivity index (χ1) is 12.5. The Morgan fingerprint density at radius 3 is 2.38 bits per heavy atom. The highest BCUT2D eigenvalue weighted by Gasteiger charge is 2.12. The van der Waals surface area contributed by atoms with Crippen molar-refractivity contribution in [2.75, 3.05) is 0 Å². The second kappa shape index (κ2) is 7.80. The average molecular weight is 367 g/mol. The number of aromatic nitrogens is 1. The smallest absolute Gasteiger partial charge is 0.254 e. The van der Waals surface area contributed by atoms with Crippen LogP contribution in [0.4, 0.5) is 0 Å². The number of rotatable bonds is 6. The molecule has 0 fully saturated rings. The van der Waals surface area contributed by atoms with Gasteiger partial charge in [0.25, 0.3) is 5.91 Å². The summed E-state index contributed by atoms with van der Waals surface area (Å²) in [5, 5.41) is 0.190. The van der Waals surface area contributed by atoms with Crippen LogP contribution in [0.3, 0.4) is 0 Å². The van der Waals surface area contributed by atoms with Crippen LogP contribution in [0.25, 0.3) is 0 Å². The third-order valence-corrected chi connectivity index (χ3v) is 3.92. The fourth-order valence-electron chi connectivity index (χ4n) is 2.40. The topological polar surface area (TPSA) is 82.3 Å². The van der Waals surface area contributed by atoms with E-state index >= 15 is 0 Å². The fraction of sp³-hybridized carbons (Fsp3) is 0.0500. The van der Waals surface area contributed by atoms with Crippen molar-refractivity contribution < 1.29 is 14.3 Å². The van der Waals surface area contributed by atoms with Gasteiger partial charge in [-0.15, -0.1) is 0 Å². The fourth-order valence-corrected chi connectivity index (χ4v) is 2.54. The van der Waals surface area contributed by atoms with Crippen LogP contribution in [-0.4, -0.2) is 16.7 Å². The van der Waals surface area contributed by atoms with Crippen LogP contribution in [-0.2, 0) is 6.42 Å². The Morgan fingerprint density at radius 1 is 1.04 bits per heavy atom. The summed E-state index contributed by atoms with van der Waals surface area (Å²) < 4.78 is 5.69. The van der Waals surface area contributed by atoms with Crippen molar-refractivity contribution in [2.24, 2.45) is 5.73 Å². The van der Waals surface area contributed by atoms with Crippen LogP contribution in [0.2, 0.25) is 5.15 Å². The Hall–Kier alpha value is -3.18. The van der Waals surface area contributed by atoms with Crippen molar-refractivity contribution in [2.45, 2.75) is 6.42 Å². The molecule has 1 amide bonds. The molecule has 0 radical (unpaired) electrons. The van der Waals surface area contributed by atoms with Crippen LogP contribution >= 0.6 is 11.6 Å². The number of benzene rings is 2. The maximum Gasteiger partial charge on any atom is 0.254 e. The van der Waals surface area contributed by atoms with E-state index in [2.05, 4.69) is 4.98 Å². The lowest BCUT2D eigenvalue weighted by molar-refractivity contribution is 0.0986. The van der Waals surface area contributed by atoms with Gasteiger partial charge in [-0.05, 0) is 17.7 Å². The van der Waals surface area contributed by atoms with E-state index in [1.54, 1.807) is 36.4 Å². The molecule has 2 aromatic carbocycles. The van der Waals surface area contributed by atoms with Gasteiger partial charge in [-0.1, -0.05) is 54.1 Å². The molecule has 0 unspecified atom stereocenters. The second-order valence-corrected chi connectivity index (χ2v) is 5.97. The van der Waals surface area contributed by atoms with Gasteiger partial charge in [-0.2, -0.15) is 0 Å². The highest BCUT2D eigenvalue weighted by atomic mass is 35.5. The molecule has 26 heavy (non-hydrogen) atoms. The van der Waals surface area contributed by atoms with Crippen LogP contribution in [0, 0.1) is 0 Å². The minimum Gasteiger partial charge on any atom is -0.456 e. The van der Waals surface area contributed by atoms with Gasteiger partial charge in [-0.25, -0.2) is 4.98 Å². The number of nitrogens with zero attached hydrogens (tertiary/aromatic N) is 1. The number of hydrogen-bond acceptors (Lipinski definition) is 4. The lowest BCUT2D eigenvalue weighted by Crippen LogP contribution is -2.12. The summed E-state index contributed by atoms with van der Waals surface area (Å²) in [7, 11) is 0. The molecule has 0 bridgehead atoms. The highest BCUT2D eigenvalue weighted by molar-refractivity contribution is 6.29. The summed E-state index contributed by atoms with van der Waals surface area (Å²) in [6.45, 7) is 0. The largest absolute Gasteiger partial charge is 0.456 e. The SMILES string of the molecule is NC(=O)c1cnc(Cl)cc1Oc1ccc(CC(=O)c2ccccc2)cc1. The summed E-state index contributed by atoms with van der Waals surface area (Å²) in [6, 6.07) is 17.6. The Morgan fingerprint density at radius 2 is 1.73 bits per heavy atom. The number of nitrogens with two attached hydrogens (primary N) is 1. The number of ether oxygens (including phenoxy) is 1. The number of halogens is 1. The number of hydrogen-bond donors (Lipinski definition) is 1. The first-order valence-corrected chi connectivity index (χ1v) is 8.21. The molecule has 0 atom stereocenters. The van der Waals surface area contributed by atoms with Crippen LogP contribution in [0.1, 0.15) is 26.3 Å². The van der Waals surface area contributed by atoms with Gasteiger partial charge in [0.05, 0.1) is 0 Å². The van der Waals surface area contributed by atoms with E-state index in [0.29, 0.717) is 11.3 Å². The summed E-state index contributed by atoms with van der Waals surface area (Å²) in [4.78, 5) is 27.5. The molecule has 1 heterocycles. The van der Waals surface area contributed by atoms with Gasteiger partial charge in [0.1, 0.15) is 22.2 Å². The molecule has 3 aromatic rings. The molecular formula is C20H15ClN2O3. The normalized spacial score (nSPS) is 10.3. The Labute approximate surface area is 155 Å². The lowest BCUT2D eigenvalue weighted by atomic mass is 10.0. The molecule has 0 aliphatic rings. The molecule has 2 N–H and O–H groups in total. The van der Waals surface area contributed by atoms with Gasteiger partial charge < -0.3 is 10.5 Å². The zero-order chi connectivity index (χ0) is 18.5.